The number of anilines is 2. The average Bonchev–Trinajstić information content (AvgIpc) is 2.37. The number of aromatic nitrogens is 3. The predicted molar refractivity (Wildman–Crippen MR) is 82.9 cm³/mol. The topological polar surface area (TPSA) is 86.0 Å². The van der Waals surface area contributed by atoms with Crippen LogP contribution in [0.3, 0.4) is 0 Å². The Morgan fingerprint density at radius 3 is 2.76 bits per heavy atom. The fraction of sp³-hybridized carbons (Fsp3) is 0.400. The summed E-state index contributed by atoms with van der Waals surface area (Å²) in [6, 6.07) is 8.36. The molecule has 1 aromatic heterocycles. The van der Waals surface area contributed by atoms with Gasteiger partial charge in [0.25, 0.3) is 0 Å². The fourth-order valence-corrected chi connectivity index (χ4v) is 1.98. The number of nitrogens with two attached hydrogens (primary N) is 1. The Morgan fingerprint density at radius 2 is 2.05 bits per heavy atom. The molecule has 112 valence electrons. The molecule has 1 aromatic carbocycles. The van der Waals surface area contributed by atoms with Gasteiger partial charge in [0.1, 0.15) is 5.82 Å². The molecule has 2 rings (SSSR count). The number of benzene rings is 1. The van der Waals surface area contributed by atoms with Crippen LogP contribution in [0.2, 0.25) is 0 Å². The molecular weight excluding hydrogens is 266 g/mol. The van der Waals surface area contributed by atoms with Crippen LogP contribution >= 0.6 is 0 Å². The molecule has 2 aromatic rings. The Bertz CT molecular complexity index is 582. The van der Waals surface area contributed by atoms with Crippen molar-refractivity contribution in [2.75, 3.05) is 17.7 Å². The van der Waals surface area contributed by atoms with E-state index in [4.69, 9.17) is 10.5 Å². The maximum Gasteiger partial charge on any atom is 0.228 e. The van der Waals surface area contributed by atoms with Gasteiger partial charge in [0, 0.05) is 6.04 Å². The third-order valence-corrected chi connectivity index (χ3v) is 2.86. The Balaban J connectivity index is 1.80. The van der Waals surface area contributed by atoms with Gasteiger partial charge in [-0.3, -0.25) is 0 Å². The first-order chi connectivity index (χ1) is 10.0. The van der Waals surface area contributed by atoms with Crippen LogP contribution < -0.4 is 11.1 Å². The maximum atomic E-state index is 5.70. The highest BCUT2D eigenvalue weighted by Crippen LogP contribution is 2.07. The molecule has 0 aliphatic rings. The zero-order valence-electron chi connectivity index (χ0n) is 12.6. The second kappa shape index (κ2) is 6.99. The molecule has 3 N–H and O–H groups in total. The number of nitrogens with one attached hydrogen (secondary N) is 1. The highest BCUT2D eigenvalue weighted by molar-refractivity contribution is 5.31. The van der Waals surface area contributed by atoms with Crippen LogP contribution in [0.15, 0.2) is 24.3 Å². The monoisotopic (exact) mass is 287 g/mol. The van der Waals surface area contributed by atoms with Crippen molar-refractivity contribution < 1.29 is 4.74 Å². The van der Waals surface area contributed by atoms with Crippen molar-refractivity contribution in [3.05, 3.63) is 41.2 Å². The number of hydrogen-bond acceptors (Lipinski definition) is 6. The zero-order valence-corrected chi connectivity index (χ0v) is 12.6. The highest BCUT2D eigenvalue weighted by atomic mass is 16.5. The van der Waals surface area contributed by atoms with E-state index in [1.165, 1.54) is 11.1 Å². The van der Waals surface area contributed by atoms with Crippen LogP contribution in [0.25, 0.3) is 0 Å². The van der Waals surface area contributed by atoms with Gasteiger partial charge >= 0.3 is 0 Å². The molecule has 21 heavy (non-hydrogen) atoms. The lowest BCUT2D eigenvalue weighted by Gasteiger charge is -2.14. The Labute approximate surface area is 124 Å². The molecular formula is C15H21N5O. The van der Waals surface area contributed by atoms with Gasteiger partial charge in [0.2, 0.25) is 11.9 Å². The van der Waals surface area contributed by atoms with Crippen molar-refractivity contribution >= 4 is 11.9 Å². The Kier molecular flexibility index (Phi) is 5.05. The lowest BCUT2D eigenvalue weighted by molar-refractivity contribution is 0.115. The fourth-order valence-electron chi connectivity index (χ4n) is 1.98. The van der Waals surface area contributed by atoms with Gasteiger partial charge in [-0.2, -0.15) is 15.0 Å². The zero-order chi connectivity index (χ0) is 15.2. The first-order valence-corrected chi connectivity index (χ1v) is 6.91. The minimum atomic E-state index is 0.0796. The third kappa shape index (κ3) is 5.00. The molecule has 0 saturated heterocycles. The van der Waals surface area contributed by atoms with Gasteiger partial charge < -0.3 is 15.8 Å². The van der Waals surface area contributed by atoms with Gasteiger partial charge in [-0.05, 0) is 26.3 Å². The van der Waals surface area contributed by atoms with Crippen molar-refractivity contribution in [3.8, 4) is 0 Å². The molecule has 6 nitrogen and oxygen atoms in total. The molecule has 0 aliphatic heterocycles. The summed E-state index contributed by atoms with van der Waals surface area (Å²) in [6.07, 6.45) is 0. The van der Waals surface area contributed by atoms with Gasteiger partial charge in [-0.25, -0.2) is 0 Å². The van der Waals surface area contributed by atoms with E-state index in [1.807, 2.05) is 13.0 Å². The molecule has 1 heterocycles. The van der Waals surface area contributed by atoms with Crippen molar-refractivity contribution in [2.24, 2.45) is 0 Å². The molecule has 0 saturated carbocycles. The number of ether oxygens (including phenoxy) is 1. The summed E-state index contributed by atoms with van der Waals surface area (Å²) in [7, 11) is 0. The second-order valence-electron chi connectivity index (χ2n) is 5.11. The largest absolute Gasteiger partial charge is 0.375 e. The van der Waals surface area contributed by atoms with Gasteiger partial charge in [-0.1, -0.05) is 29.8 Å². The van der Waals surface area contributed by atoms with Crippen LogP contribution in [-0.2, 0) is 11.3 Å². The van der Waals surface area contributed by atoms with E-state index < -0.39 is 0 Å². The Hall–Kier alpha value is -2.21. The molecule has 0 fully saturated rings. The molecule has 0 aliphatic carbocycles. The van der Waals surface area contributed by atoms with Crippen molar-refractivity contribution in [1.82, 2.24) is 15.0 Å². The van der Waals surface area contributed by atoms with E-state index in [-0.39, 0.29) is 12.0 Å². The number of nitrogens with zero attached hydrogens (tertiary/aromatic N) is 3. The van der Waals surface area contributed by atoms with E-state index in [0.29, 0.717) is 25.0 Å². The first kappa shape index (κ1) is 15.2. The molecule has 0 radical (unpaired) electrons. The number of nitrogen functional groups attached to an aromatic ring is 1. The van der Waals surface area contributed by atoms with Gasteiger partial charge in [0.15, 0.2) is 0 Å². The van der Waals surface area contributed by atoms with E-state index >= 15 is 0 Å². The molecule has 1 unspecified atom stereocenters. The number of hydrogen-bond donors (Lipinski definition) is 2. The van der Waals surface area contributed by atoms with E-state index in [9.17, 15) is 0 Å². The molecule has 0 bridgehead atoms. The molecule has 0 spiro atoms. The van der Waals surface area contributed by atoms with Gasteiger partial charge in [-0.15, -0.1) is 0 Å². The van der Waals surface area contributed by atoms with Crippen LogP contribution in [0.4, 0.5) is 11.9 Å². The summed E-state index contributed by atoms with van der Waals surface area (Å²) in [4.78, 5) is 12.2. The first-order valence-electron chi connectivity index (χ1n) is 6.91. The third-order valence-electron chi connectivity index (χ3n) is 2.86. The van der Waals surface area contributed by atoms with Crippen LogP contribution in [0, 0.1) is 13.8 Å². The van der Waals surface area contributed by atoms with Crippen molar-refractivity contribution in [2.45, 2.75) is 33.4 Å². The van der Waals surface area contributed by atoms with Crippen LogP contribution in [0.1, 0.15) is 23.9 Å². The maximum absolute atomic E-state index is 5.70. The lowest BCUT2D eigenvalue weighted by Crippen LogP contribution is -2.23. The summed E-state index contributed by atoms with van der Waals surface area (Å²) in [5.41, 5.74) is 8.00. The minimum absolute atomic E-state index is 0.0796. The molecule has 1 atom stereocenters. The number of aryl methyl sites for hydroxylation is 2. The summed E-state index contributed by atoms with van der Waals surface area (Å²) >= 11 is 0. The lowest BCUT2D eigenvalue weighted by atomic mass is 10.1. The minimum Gasteiger partial charge on any atom is -0.375 e. The summed E-state index contributed by atoms with van der Waals surface area (Å²) in [5.74, 6) is 1.29. The van der Waals surface area contributed by atoms with Crippen molar-refractivity contribution in [1.29, 1.82) is 0 Å². The highest BCUT2D eigenvalue weighted by Gasteiger charge is 2.06. The average molecular weight is 287 g/mol. The normalized spacial score (nSPS) is 12.1. The number of rotatable bonds is 6. The van der Waals surface area contributed by atoms with E-state index in [2.05, 4.69) is 45.4 Å². The van der Waals surface area contributed by atoms with Crippen molar-refractivity contribution in [3.63, 3.8) is 0 Å². The molecule has 0 amide bonds. The summed E-state index contributed by atoms with van der Waals surface area (Å²) in [6.45, 7) is 7.00. The standard InChI is InChI=1S/C15H21N5O/c1-10-5-4-6-13(7-10)9-21-8-11(2)17-15-19-12(3)18-14(16)20-15/h4-7,11H,8-9H2,1-3H3,(H3,16,17,18,19,20). The SMILES string of the molecule is Cc1cccc(COCC(C)Nc2nc(C)nc(N)n2)c1. The quantitative estimate of drug-likeness (QED) is 0.846. The Morgan fingerprint density at radius 1 is 1.24 bits per heavy atom. The second-order valence-corrected chi connectivity index (χ2v) is 5.11. The van der Waals surface area contributed by atoms with Crippen LogP contribution in [0.5, 0.6) is 0 Å². The molecule has 6 heteroatoms. The summed E-state index contributed by atoms with van der Waals surface area (Å²) < 4.78 is 5.70. The van der Waals surface area contributed by atoms with Gasteiger partial charge in [0.05, 0.1) is 13.2 Å². The van der Waals surface area contributed by atoms with E-state index in [1.54, 1.807) is 6.92 Å². The van der Waals surface area contributed by atoms with E-state index in [0.717, 1.165) is 0 Å². The summed E-state index contributed by atoms with van der Waals surface area (Å²) in [5, 5.41) is 3.15. The smallest absolute Gasteiger partial charge is 0.228 e. The predicted octanol–water partition coefficient (Wildman–Crippen LogP) is 2.09. The van der Waals surface area contributed by atoms with Crippen LogP contribution in [-0.4, -0.2) is 27.6 Å².